The van der Waals surface area contributed by atoms with Crippen LogP contribution in [-0.4, -0.2) is 43.8 Å². The molecule has 3 nitrogen and oxygen atoms in total. The fourth-order valence-electron chi connectivity index (χ4n) is 2.12. The van der Waals surface area contributed by atoms with Crippen LogP contribution in [0.1, 0.15) is 6.92 Å². The maximum absolute atomic E-state index is 6.13. The molecule has 6 heteroatoms. The van der Waals surface area contributed by atoms with Gasteiger partial charge in [-0.05, 0) is 18.7 Å². The molecule has 1 heterocycles. The highest BCUT2D eigenvalue weighted by atomic mass is 35.5. The van der Waals surface area contributed by atoms with E-state index in [0.717, 1.165) is 26.2 Å². The third kappa shape index (κ3) is 4.14. The summed E-state index contributed by atoms with van der Waals surface area (Å²) >= 11 is 18.1. The van der Waals surface area contributed by atoms with Crippen LogP contribution in [0.5, 0.6) is 0 Å². The van der Waals surface area contributed by atoms with Gasteiger partial charge >= 0.3 is 0 Å². The second-order valence-corrected chi connectivity index (χ2v) is 5.76. The molecule has 1 fully saturated rings. The number of nitrogens with one attached hydrogen (secondary N) is 1. The van der Waals surface area contributed by atoms with Crippen LogP contribution in [0.3, 0.4) is 0 Å². The van der Waals surface area contributed by atoms with E-state index >= 15 is 0 Å². The Morgan fingerprint density at radius 3 is 2.63 bits per heavy atom. The second-order valence-electron chi connectivity index (χ2n) is 4.51. The first-order chi connectivity index (χ1) is 9.10. The molecule has 1 saturated heterocycles. The van der Waals surface area contributed by atoms with Crippen molar-refractivity contribution >= 4 is 40.5 Å². The average Bonchev–Trinajstić information content (AvgIpc) is 2.37. The van der Waals surface area contributed by atoms with Crippen LogP contribution >= 0.6 is 34.8 Å². The van der Waals surface area contributed by atoms with E-state index in [0.29, 0.717) is 27.3 Å². The highest BCUT2D eigenvalue weighted by Crippen LogP contribution is 2.33. The largest absolute Gasteiger partial charge is 0.380 e. The molecule has 1 aliphatic heterocycles. The van der Waals surface area contributed by atoms with Gasteiger partial charge < -0.3 is 10.1 Å². The van der Waals surface area contributed by atoms with Crippen LogP contribution in [0.15, 0.2) is 12.1 Å². The average molecular weight is 324 g/mol. The molecule has 0 radical (unpaired) electrons. The Morgan fingerprint density at radius 1 is 1.32 bits per heavy atom. The van der Waals surface area contributed by atoms with E-state index in [-0.39, 0.29) is 6.10 Å². The van der Waals surface area contributed by atoms with Gasteiger partial charge in [-0.2, -0.15) is 0 Å². The predicted molar refractivity (Wildman–Crippen MR) is 81.8 cm³/mol. The van der Waals surface area contributed by atoms with Crippen LogP contribution in [0, 0.1) is 0 Å². The number of hydrogen-bond donors (Lipinski definition) is 1. The topological polar surface area (TPSA) is 24.5 Å². The molecule has 1 aliphatic rings. The minimum absolute atomic E-state index is 0.150. The van der Waals surface area contributed by atoms with Crippen LogP contribution in [-0.2, 0) is 4.74 Å². The maximum Gasteiger partial charge on any atom is 0.0874 e. The zero-order chi connectivity index (χ0) is 13.8. The van der Waals surface area contributed by atoms with Crippen molar-refractivity contribution in [1.82, 2.24) is 4.90 Å². The molecule has 0 bridgehead atoms. The molecule has 0 amide bonds. The Morgan fingerprint density at radius 2 is 2.00 bits per heavy atom. The van der Waals surface area contributed by atoms with Gasteiger partial charge in [0.2, 0.25) is 0 Å². The van der Waals surface area contributed by atoms with Gasteiger partial charge in [-0.15, -0.1) is 0 Å². The second kappa shape index (κ2) is 7.00. The molecule has 1 aromatic carbocycles. The number of halogens is 3. The standard InChI is InChI=1S/C13H17Cl3N2O/c1-2-18-3-4-19-10(8-18)7-17-13-11(15)5-9(14)6-12(13)16/h5-6,10,17H,2-4,7-8H2,1H3. The van der Waals surface area contributed by atoms with Gasteiger partial charge in [0.15, 0.2) is 0 Å². The number of morpholine rings is 1. The first-order valence-electron chi connectivity index (χ1n) is 6.32. The van der Waals surface area contributed by atoms with E-state index in [1.54, 1.807) is 12.1 Å². The van der Waals surface area contributed by atoms with Gasteiger partial charge in [0.05, 0.1) is 28.4 Å². The monoisotopic (exact) mass is 322 g/mol. The summed E-state index contributed by atoms with van der Waals surface area (Å²) in [5, 5.41) is 4.84. The highest BCUT2D eigenvalue weighted by molar-refractivity contribution is 6.41. The Hall–Kier alpha value is -0.190. The summed E-state index contributed by atoms with van der Waals surface area (Å²) in [6, 6.07) is 3.36. The molecule has 2 rings (SSSR count). The maximum atomic E-state index is 6.13. The lowest BCUT2D eigenvalue weighted by atomic mass is 10.2. The summed E-state index contributed by atoms with van der Waals surface area (Å²) in [5.41, 5.74) is 0.713. The van der Waals surface area contributed by atoms with Crippen molar-refractivity contribution < 1.29 is 4.74 Å². The highest BCUT2D eigenvalue weighted by Gasteiger charge is 2.19. The minimum atomic E-state index is 0.150. The molecule has 0 saturated carbocycles. The van der Waals surface area contributed by atoms with E-state index in [4.69, 9.17) is 39.5 Å². The lowest BCUT2D eigenvalue weighted by Crippen LogP contribution is -2.45. The number of likely N-dealkylation sites (N-methyl/N-ethyl adjacent to an activating group) is 1. The predicted octanol–water partition coefficient (Wildman–Crippen LogP) is 3.78. The van der Waals surface area contributed by atoms with Crippen molar-refractivity contribution in [2.24, 2.45) is 0 Å². The molecule has 0 aromatic heterocycles. The molecule has 1 N–H and O–H groups in total. The SMILES string of the molecule is CCN1CCOC(CNc2c(Cl)cc(Cl)cc2Cl)C1. The summed E-state index contributed by atoms with van der Waals surface area (Å²) in [4.78, 5) is 2.36. The third-order valence-corrected chi connectivity index (χ3v) is 4.00. The molecular formula is C13H17Cl3N2O. The van der Waals surface area contributed by atoms with E-state index in [1.165, 1.54) is 0 Å². The molecule has 19 heavy (non-hydrogen) atoms. The van der Waals surface area contributed by atoms with E-state index in [1.807, 2.05) is 0 Å². The van der Waals surface area contributed by atoms with Crippen molar-refractivity contribution in [1.29, 1.82) is 0 Å². The van der Waals surface area contributed by atoms with Crippen LogP contribution in [0.2, 0.25) is 15.1 Å². The Labute approximate surface area is 128 Å². The lowest BCUT2D eigenvalue weighted by Gasteiger charge is -2.32. The first-order valence-corrected chi connectivity index (χ1v) is 7.46. The van der Waals surface area contributed by atoms with Crippen molar-refractivity contribution in [3.63, 3.8) is 0 Å². The van der Waals surface area contributed by atoms with Gasteiger partial charge in [-0.3, -0.25) is 4.90 Å². The summed E-state index contributed by atoms with van der Waals surface area (Å²) in [6.07, 6.45) is 0.150. The molecule has 106 valence electrons. The van der Waals surface area contributed by atoms with E-state index < -0.39 is 0 Å². The Kier molecular flexibility index (Phi) is 5.60. The fraction of sp³-hybridized carbons (Fsp3) is 0.538. The van der Waals surface area contributed by atoms with Gasteiger partial charge in [0.1, 0.15) is 0 Å². The van der Waals surface area contributed by atoms with Crippen molar-refractivity contribution in [3.8, 4) is 0 Å². The number of benzene rings is 1. The minimum Gasteiger partial charge on any atom is -0.380 e. The van der Waals surface area contributed by atoms with Crippen LogP contribution < -0.4 is 5.32 Å². The van der Waals surface area contributed by atoms with Crippen molar-refractivity contribution in [3.05, 3.63) is 27.2 Å². The Bertz CT molecular complexity index is 419. The zero-order valence-corrected chi connectivity index (χ0v) is 13.0. The normalized spacial score (nSPS) is 20.5. The van der Waals surface area contributed by atoms with Gasteiger partial charge in [0.25, 0.3) is 0 Å². The number of ether oxygens (including phenoxy) is 1. The van der Waals surface area contributed by atoms with Crippen LogP contribution in [0.4, 0.5) is 5.69 Å². The summed E-state index contributed by atoms with van der Waals surface area (Å²) in [7, 11) is 0. The number of rotatable bonds is 4. The van der Waals surface area contributed by atoms with Crippen molar-refractivity contribution in [2.75, 3.05) is 38.1 Å². The number of hydrogen-bond acceptors (Lipinski definition) is 3. The number of nitrogens with zero attached hydrogens (tertiary/aromatic N) is 1. The number of anilines is 1. The van der Waals surface area contributed by atoms with Gasteiger partial charge in [-0.1, -0.05) is 41.7 Å². The smallest absolute Gasteiger partial charge is 0.0874 e. The van der Waals surface area contributed by atoms with Crippen molar-refractivity contribution in [2.45, 2.75) is 13.0 Å². The molecule has 1 unspecified atom stereocenters. The van der Waals surface area contributed by atoms with Gasteiger partial charge in [0, 0.05) is 24.7 Å². The van der Waals surface area contributed by atoms with E-state index in [9.17, 15) is 0 Å². The molecule has 0 spiro atoms. The third-order valence-electron chi connectivity index (χ3n) is 3.18. The Balaban J connectivity index is 1.95. The zero-order valence-electron chi connectivity index (χ0n) is 10.8. The van der Waals surface area contributed by atoms with E-state index in [2.05, 4.69) is 17.1 Å². The quantitative estimate of drug-likeness (QED) is 0.912. The molecule has 1 atom stereocenters. The molecular weight excluding hydrogens is 307 g/mol. The molecule has 1 aromatic rings. The van der Waals surface area contributed by atoms with Crippen LogP contribution in [0.25, 0.3) is 0 Å². The summed E-state index contributed by atoms with van der Waals surface area (Å²) in [6.45, 7) is 6.56. The summed E-state index contributed by atoms with van der Waals surface area (Å²) < 4.78 is 5.72. The fourth-order valence-corrected chi connectivity index (χ4v) is 3.07. The van der Waals surface area contributed by atoms with Gasteiger partial charge in [-0.25, -0.2) is 0 Å². The molecule has 0 aliphatic carbocycles. The first kappa shape index (κ1) is 15.2. The summed E-state index contributed by atoms with van der Waals surface area (Å²) in [5.74, 6) is 0. The lowest BCUT2D eigenvalue weighted by molar-refractivity contribution is -0.0191.